The molecule has 2 aliphatic rings. The van der Waals surface area contributed by atoms with Crippen LogP contribution in [0.25, 0.3) is 89.5 Å². The second-order valence-corrected chi connectivity index (χ2v) is 16.4. The minimum absolute atomic E-state index is 0. The van der Waals surface area contributed by atoms with Crippen molar-refractivity contribution >= 4 is 67.6 Å². The molecule has 21 heteroatoms. The predicted molar refractivity (Wildman–Crippen MR) is 247 cm³/mol. The van der Waals surface area contributed by atoms with E-state index < -0.39 is 69.9 Å². The SMILES string of the molecule is FC(F)(F)c1cccc(C2=C(c3cccc(C(F)(F)F)c3)c3nc2nc2[n-]c(nc4nc(nc5[n-]c(n3)c3ccccc53)-c3ccccc3-4)c(-c3cccc(C(F)(F)F)c3)c2-c2cccc(C(F)(F)F)c2)c1.[Mg+2]. The van der Waals surface area contributed by atoms with Crippen LogP contribution in [-0.2, 0) is 24.7 Å². The van der Waals surface area contributed by atoms with Crippen molar-refractivity contribution in [1.82, 2.24) is 39.9 Å². The number of fused-ring (bicyclic) bond motifs is 14. The molecule has 0 fully saturated rings. The van der Waals surface area contributed by atoms with Gasteiger partial charge in [0.25, 0.3) is 0 Å². The first-order valence-corrected chi connectivity index (χ1v) is 21.3. The van der Waals surface area contributed by atoms with Crippen LogP contribution in [0.1, 0.15) is 45.0 Å². The van der Waals surface area contributed by atoms with Gasteiger partial charge >= 0.3 is 47.8 Å². The largest absolute Gasteiger partial charge is 2.00 e. The van der Waals surface area contributed by atoms with E-state index in [2.05, 4.69) is 9.97 Å². The molecule has 11 rings (SSSR count). The normalized spacial score (nSPS) is 13.0. The van der Waals surface area contributed by atoms with Gasteiger partial charge in [-0.25, -0.2) is 9.97 Å². The van der Waals surface area contributed by atoms with Crippen molar-refractivity contribution in [1.29, 1.82) is 0 Å². The number of aromatic nitrogens is 8. The maximum Gasteiger partial charge on any atom is 2.00 e. The van der Waals surface area contributed by atoms with E-state index in [1.807, 2.05) is 0 Å². The van der Waals surface area contributed by atoms with Crippen molar-refractivity contribution < 1.29 is 52.7 Å². The summed E-state index contributed by atoms with van der Waals surface area (Å²) in [6.07, 6.45) is -19.8. The van der Waals surface area contributed by atoms with Crippen molar-refractivity contribution in [2.45, 2.75) is 24.7 Å². The van der Waals surface area contributed by atoms with Gasteiger partial charge in [0.2, 0.25) is 0 Å². The molecule has 2 aliphatic heterocycles. The molecule has 3 aromatic heterocycles. The molecular weight excluding hydrogens is 989 g/mol. The van der Waals surface area contributed by atoms with Crippen LogP contribution in [0.15, 0.2) is 146 Å². The van der Waals surface area contributed by atoms with Gasteiger partial charge in [-0.05, 0) is 81.6 Å². The van der Waals surface area contributed by atoms with Crippen molar-refractivity contribution in [3.05, 3.63) is 191 Å². The summed E-state index contributed by atoms with van der Waals surface area (Å²) in [5.41, 5.74) is -7.27. The third-order valence-corrected chi connectivity index (χ3v) is 11.8. The van der Waals surface area contributed by atoms with E-state index in [-0.39, 0.29) is 90.5 Å². The number of hydrogen-bond donors (Lipinski definition) is 0. The molecule has 358 valence electrons. The van der Waals surface area contributed by atoms with Crippen molar-refractivity contribution in [2.24, 2.45) is 0 Å². The Hall–Kier alpha value is -7.91. The Balaban J connectivity index is 0.00000611. The number of hydrogen-bond acceptors (Lipinski definition) is 6. The Labute approximate surface area is 418 Å². The van der Waals surface area contributed by atoms with E-state index >= 15 is 0 Å². The maximum atomic E-state index is 14.5. The Morgan fingerprint density at radius 2 is 0.603 bits per heavy atom. The summed E-state index contributed by atoms with van der Waals surface area (Å²) in [6.45, 7) is 0. The average Bonchev–Trinajstić information content (AvgIpc) is 4.09. The Morgan fingerprint density at radius 1 is 0.301 bits per heavy atom. The number of rotatable bonds is 4. The summed E-state index contributed by atoms with van der Waals surface area (Å²) < 4.78 is 174. The minimum atomic E-state index is -4.96. The van der Waals surface area contributed by atoms with E-state index in [1.165, 1.54) is 24.3 Å². The average molecular weight is 1010 g/mol. The summed E-state index contributed by atoms with van der Waals surface area (Å²) in [5, 5.41) is 0.777. The van der Waals surface area contributed by atoms with Gasteiger partial charge in [0, 0.05) is 56.0 Å². The van der Waals surface area contributed by atoms with E-state index in [0.29, 0.717) is 34.0 Å². The van der Waals surface area contributed by atoms with Gasteiger partial charge in [-0.1, -0.05) is 97.1 Å². The monoisotopic (exact) mass is 1010 g/mol. The fraction of sp³-hybridized carbons (Fsp3) is 0.0769. The summed E-state index contributed by atoms with van der Waals surface area (Å²) >= 11 is 0. The second kappa shape index (κ2) is 17.7. The molecule has 0 amide bonds. The van der Waals surface area contributed by atoms with Gasteiger partial charge in [0.05, 0.1) is 45.6 Å². The molecule has 9 aromatic rings. The molecule has 8 nitrogen and oxygen atoms in total. The van der Waals surface area contributed by atoms with Crippen molar-refractivity contribution in [2.75, 3.05) is 0 Å². The second-order valence-electron chi connectivity index (χ2n) is 16.4. The molecule has 6 aromatic carbocycles. The first-order chi connectivity index (χ1) is 34.2. The molecule has 0 saturated heterocycles. The number of alkyl halides is 12. The van der Waals surface area contributed by atoms with Gasteiger partial charge in [0.15, 0.2) is 0 Å². The topological polar surface area (TPSA) is 106 Å². The van der Waals surface area contributed by atoms with E-state index in [9.17, 15) is 52.7 Å². The van der Waals surface area contributed by atoms with Gasteiger partial charge < -0.3 is 29.9 Å². The molecule has 0 spiro atoms. The number of halogens is 12. The third kappa shape index (κ3) is 8.96. The van der Waals surface area contributed by atoms with Gasteiger partial charge in [0.1, 0.15) is 0 Å². The fourth-order valence-corrected chi connectivity index (χ4v) is 8.62. The van der Waals surface area contributed by atoms with E-state index in [1.54, 1.807) is 48.5 Å². The van der Waals surface area contributed by atoms with Gasteiger partial charge in [-0.15, -0.1) is 0 Å². The van der Waals surface area contributed by atoms with Crippen molar-refractivity contribution in [3.8, 4) is 45.0 Å². The smallest absolute Gasteiger partial charge is 0.357 e. The zero-order chi connectivity index (χ0) is 50.5. The Morgan fingerprint density at radius 3 is 1.00 bits per heavy atom. The van der Waals surface area contributed by atoms with Crippen LogP contribution < -0.4 is 9.97 Å². The van der Waals surface area contributed by atoms with Crippen LogP contribution in [0, 0.1) is 0 Å². The molecule has 0 aliphatic carbocycles. The Bertz CT molecular complexity index is 3910. The summed E-state index contributed by atoms with van der Waals surface area (Å²) in [6, 6.07) is 28.3. The van der Waals surface area contributed by atoms with E-state index in [0.717, 1.165) is 60.7 Å². The standard InChI is InChI=1S/C52H24F12N8.Mg/c53-49(54,55)29-13-5-9-25(21-29)37-39(27-11-7-15-31(23-27)51(59,60)61)47-70-45(37)68-43-35-19-3-1-17-33(35)41(66-43)65-42-34-18-2-4-20-36(34)44(67-42)69-46-38(26-10-6-14-30(22-26)50(56,57)58)40(48(71-46)72-47)28-12-8-16-32(24-28)52(62,63)64;/h1-24H;/q-2;+2. The summed E-state index contributed by atoms with van der Waals surface area (Å²) in [4.78, 5) is 37.8. The third-order valence-electron chi connectivity index (χ3n) is 11.8. The number of benzene rings is 6. The van der Waals surface area contributed by atoms with Crippen LogP contribution >= 0.6 is 0 Å². The molecule has 8 bridgehead atoms. The maximum absolute atomic E-state index is 14.5. The van der Waals surface area contributed by atoms with Crippen LogP contribution in [0.4, 0.5) is 52.7 Å². The zero-order valence-electron chi connectivity index (χ0n) is 36.7. The molecule has 0 atom stereocenters. The van der Waals surface area contributed by atoms with Crippen molar-refractivity contribution in [3.63, 3.8) is 0 Å². The first kappa shape index (κ1) is 48.7. The molecule has 5 heterocycles. The molecule has 0 N–H and O–H groups in total. The number of nitrogens with zero attached hydrogens (tertiary/aromatic N) is 8. The van der Waals surface area contributed by atoms with Gasteiger partial charge in [-0.3, -0.25) is 0 Å². The minimum Gasteiger partial charge on any atom is -0.357 e. The molecule has 73 heavy (non-hydrogen) atoms. The van der Waals surface area contributed by atoms with Crippen LogP contribution in [0.3, 0.4) is 0 Å². The van der Waals surface area contributed by atoms with Gasteiger partial charge in [-0.2, -0.15) is 52.7 Å². The zero-order valence-corrected chi connectivity index (χ0v) is 38.1. The Kier molecular flexibility index (Phi) is 11.8. The summed E-state index contributed by atoms with van der Waals surface area (Å²) in [5.74, 6) is -1.01. The fourth-order valence-electron chi connectivity index (χ4n) is 8.62. The molecule has 0 saturated carbocycles. The van der Waals surface area contributed by atoms with E-state index in [4.69, 9.17) is 29.9 Å². The van der Waals surface area contributed by atoms with Crippen LogP contribution in [-0.4, -0.2) is 53.0 Å². The predicted octanol–water partition coefficient (Wildman–Crippen LogP) is 13.7. The molecule has 0 unspecified atom stereocenters. The first-order valence-electron chi connectivity index (χ1n) is 21.3. The quantitative estimate of drug-likeness (QED) is 0.127. The summed E-state index contributed by atoms with van der Waals surface area (Å²) in [7, 11) is 0. The molecular formula is C52H24F12MgN8. The molecule has 0 radical (unpaired) electrons. The van der Waals surface area contributed by atoms with Crippen LogP contribution in [0.5, 0.6) is 0 Å². The van der Waals surface area contributed by atoms with Crippen LogP contribution in [0.2, 0.25) is 0 Å².